The summed E-state index contributed by atoms with van der Waals surface area (Å²) in [6.45, 7) is 0.236. The molecule has 1 aliphatic rings. The zero-order valence-electron chi connectivity index (χ0n) is 9.98. The number of hydrogen-bond donors (Lipinski definition) is 5. The number of hydrogen-bond acceptors (Lipinski definition) is 5. The van der Waals surface area contributed by atoms with Crippen LogP contribution in [0.2, 0.25) is 0 Å². The van der Waals surface area contributed by atoms with Crippen LogP contribution in [0.4, 0.5) is 0 Å². The third kappa shape index (κ3) is 2.55. The Bertz CT molecular complexity index is 373. The minimum absolute atomic E-state index is 0.276. The molecule has 18 heavy (non-hydrogen) atoms. The van der Waals surface area contributed by atoms with E-state index < -0.39 is 30.3 Å². The van der Waals surface area contributed by atoms with Crippen molar-refractivity contribution in [1.82, 2.24) is 5.32 Å². The summed E-state index contributed by atoms with van der Waals surface area (Å²) in [4.78, 5) is 0. The lowest BCUT2D eigenvalue weighted by molar-refractivity contribution is -0.0312. The van der Waals surface area contributed by atoms with Gasteiger partial charge in [-0.2, -0.15) is 0 Å². The van der Waals surface area contributed by atoms with E-state index in [0.29, 0.717) is 6.54 Å². The standard InChI is InChI=1S/C13H19NO4/c15-7-9-10(12(17)13(18)11(9)16)14-6-8-4-2-1-3-5-8/h1-5,9-18H,6-7H2/t9-,10-,11-,12-,13-/m0/s1. The first-order valence-electron chi connectivity index (χ1n) is 6.07. The van der Waals surface area contributed by atoms with Gasteiger partial charge in [0, 0.05) is 18.5 Å². The third-order valence-electron chi connectivity index (χ3n) is 3.56. The Kier molecular flexibility index (Phi) is 4.31. The number of nitrogens with one attached hydrogen (secondary N) is 1. The van der Waals surface area contributed by atoms with Crippen LogP contribution < -0.4 is 5.32 Å². The predicted molar refractivity (Wildman–Crippen MR) is 65.7 cm³/mol. The third-order valence-corrected chi connectivity index (χ3v) is 3.56. The molecule has 0 amide bonds. The highest BCUT2D eigenvalue weighted by atomic mass is 16.4. The average molecular weight is 253 g/mol. The van der Waals surface area contributed by atoms with E-state index in [9.17, 15) is 20.4 Å². The van der Waals surface area contributed by atoms with Crippen LogP contribution >= 0.6 is 0 Å². The molecule has 0 aromatic heterocycles. The van der Waals surface area contributed by atoms with E-state index in [1.54, 1.807) is 0 Å². The normalized spacial score (nSPS) is 35.9. The molecule has 0 unspecified atom stereocenters. The van der Waals surface area contributed by atoms with Gasteiger partial charge in [-0.05, 0) is 5.56 Å². The Labute approximate surface area is 106 Å². The summed E-state index contributed by atoms with van der Waals surface area (Å²) in [5, 5.41) is 41.4. The Morgan fingerprint density at radius 3 is 2.22 bits per heavy atom. The summed E-state index contributed by atoms with van der Waals surface area (Å²) >= 11 is 0. The van der Waals surface area contributed by atoms with Gasteiger partial charge in [-0.15, -0.1) is 0 Å². The molecule has 0 heterocycles. The van der Waals surface area contributed by atoms with Crippen molar-refractivity contribution < 1.29 is 20.4 Å². The van der Waals surface area contributed by atoms with Crippen molar-refractivity contribution in [2.24, 2.45) is 5.92 Å². The van der Waals surface area contributed by atoms with Crippen LogP contribution in [0.5, 0.6) is 0 Å². The molecule has 1 aliphatic carbocycles. The fourth-order valence-corrected chi connectivity index (χ4v) is 2.46. The van der Waals surface area contributed by atoms with E-state index in [1.807, 2.05) is 30.3 Å². The molecule has 0 bridgehead atoms. The number of rotatable bonds is 4. The van der Waals surface area contributed by atoms with Gasteiger partial charge in [0.15, 0.2) is 0 Å². The SMILES string of the molecule is OC[C@@H]1[C@H](O)[C@H](O)[C@@H](O)[C@H]1NCc1ccccc1. The number of aliphatic hydroxyl groups excluding tert-OH is 4. The minimum atomic E-state index is -1.21. The van der Waals surface area contributed by atoms with Gasteiger partial charge in [0.1, 0.15) is 6.10 Å². The second-order valence-electron chi connectivity index (χ2n) is 4.71. The van der Waals surface area contributed by atoms with Gasteiger partial charge >= 0.3 is 0 Å². The van der Waals surface area contributed by atoms with E-state index in [0.717, 1.165) is 5.56 Å². The van der Waals surface area contributed by atoms with Crippen LogP contribution in [0.15, 0.2) is 30.3 Å². The summed E-state index contributed by atoms with van der Waals surface area (Å²) in [5.41, 5.74) is 1.04. The van der Waals surface area contributed by atoms with Gasteiger partial charge in [0.05, 0.1) is 18.8 Å². The van der Waals surface area contributed by atoms with Gasteiger partial charge in [0.25, 0.3) is 0 Å². The van der Waals surface area contributed by atoms with Crippen molar-refractivity contribution in [2.45, 2.75) is 30.9 Å². The van der Waals surface area contributed by atoms with Crippen molar-refractivity contribution in [2.75, 3.05) is 6.61 Å². The van der Waals surface area contributed by atoms with Gasteiger partial charge < -0.3 is 25.7 Å². The van der Waals surface area contributed by atoms with Crippen LogP contribution in [0.3, 0.4) is 0 Å². The molecule has 0 saturated heterocycles. The lowest BCUT2D eigenvalue weighted by atomic mass is 10.0. The maximum Gasteiger partial charge on any atom is 0.108 e. The second-order valence-corrected chi connectivity index (χ2v) is 4.71. The van der Waals surface area contributed by atoms with Gasteiger partial charge in [-0.1, -0.05) is 30.3 Å². The minimum Gasteiger partial charge on any atom is -0.396 e. The summed E-state index contributed by atoms with van der Waals surface area (Å²) < 4.78 is 0. The topological polar surface area (TPSA) is 93.0 Å². The molecular formula is C13H19NO4. The Balaban J connectivity index is 1.99. The number of aliphatic hydroxyl groups is 4. The molecule has 0 aliphatic heterocycles. The molecule has 5 atom stereocenters. The first kappa shape index (κ1) is 13.5. The van der Waals surface area contributed by atoms with E-state index >= 15 is 0 Å². The van der Waals surface area contributed by atoms with Crippen LogP contribution in [0.1, 0.15) is 5.56 Å². The fourth-order valence-electron chi connectivity index (χ4n) is 2.46. The molecule has 5 nitrogen and oxygen atoms in total. The second kappa shape index (κ2) is 5.77. The fraction of sp³-hybridized carbons (Fsp3) is 0.538. The summed E-state index contributed by atoms with van der Waals surface area (Å²) in [6, 6.07) is 9.10. The Hall–Kier alpha value is -0.980. The van der Waals surface area contributed by atoms with Crippen molar-refractivity contribution in [3.8, 4) is 0 Å². The molecule has 1 aromatic carbocycles. The average Bonchev–Trinajstić information content (AvgIpc) is 2.61. The molecule has 5 N–H and O–H groups in total. The first-order chi connectivity index (χ1) is 8.65. The van der Waals surface area contributed by atoms with Gasteiger partial charge in [-0.25, -0.2) is 0 Å². The van der Waals surface area contributed by atoms with E-state index in [-0.39, 0.29) is 6.61 Å². The molecular weight excluding hydrogens is 234 g/mol. The zero-order chi connectivity index (χ0) is 13.1. The van der Waals surface area contributed by atoms with Crippen molar-refractivity contribution in [3.05, 3.63) is 35.9 Å². The molecule has 1 aromatic rings. The van der Waals surface area contributed by atoms with Crippen LogP contribution in [-0.4, -0.2) is 51.4 Å². The maximum absolute atomic E-state index is 9.82. The molecule has 0 radical (unpaired) electrons. The quantitative estimate of drug-likeness (QED) is 0.467. The monoisotopic (exact) mass is 253 g/mol. The largest absolute Gasteiger partial charge is 0.396 e. The lowest BCUT2D eigenvalue weighted by Crippen LogP contribution is -2.43. The smallest absolute Gasteiger partial charge is 0.108 e. The highest BCUT2D eigenvalue weighted by molar-refractivity contribution is 5.15. The maximum atomic E-state index is 9.82. The summed E-state index contributed by atoms with van der Waals surface area (Å²) in [7, 11) is 0. The van der Waals surface area contributed by atoms with Crippen LogP contribution in [0.25, 0.3) is 0 Å². The van der Waals surface area contributed by atoms with E-state index in [2.05, 4.69) is 5.32 Å². The highest BCUT2D eigenvalue weighted by Gasteiger charge is 2.48. The Morgan fingerprint density at radius 1 is 0.944 bits per heavy atom. The summed E-state index contributed by atoms with van der Waals surface area (Å²) in [6.07, 6.45) is -3.38. The zero-order valence-corrected chi connectivity index (χ0v) is 9.98. The van der Waals surface area contributed by atoms with Crippen molar-refractivity contribution in [3.63, 3.8) is 0 Å². The van der Waals surface area contributed by atoms with E-state index in [4.69, 9.17) is 0 Å². The lowest BCUT2D eigenvalue weighted by Gasteiger charge is -2.22. The van der Waals surface area contributed by atoms with Crippen LogP contribution in [0, 0.1) is 5.92 Å². The molecule has 1 saturated carbocycles. The molecule has 1 fully saturated rings. The molecule has 5 heteroatoms. The van der Waals surface area contributed by atoms with Gasteiger partial charge in [0.2, 0.25) is 0 Å². The van der Waals surface area contributed by atoms with Crippen molar-refractivity contribution >= 4 is 0 Å². The molecule has 100 valence electrons. The van der Waals surface area contributed by atoms with Crippen LogP contribution in [-0.2, 0) is 6.54 Å². The molecule has 0 spiro atoms. The van der Waals surface area contributed by atoms with E-state index in [1.165, 1.54) is 0 Å². The predicted octanol–water partition coefficient (Wildman–Crippen LogP) is -1.15. The first-order valence-corrected chi connectivity index (χ1v) is 6.07. The van der Waals surface area contributed by atoms with Crippen molar-refractivity contribution in [1.29, 1.82) is 0 Å². The summed E-state index contributed by atoms with van der Waals surface area (Å²) in [5.74, 6) is -0.557. The molecule has 2 rings (SSSR count). The highest BCUT2D eigenvalue weighted by Crippen LogP contribution is 2.27. The number of benzene rings is 1. The van der Waals surface area contributed by atoms with Gasteiger partial charge in [-0.3, -0.25) is 0 Å². The Morgan fingerprint density at radius 2 is 1.61 bits per heavy atom.